The van der Waals surface area contributed by atoms with Crippen LogP contribution in [-0.2, 0) is 4.79 Å². The smallest absolute Gasteiger partial charge is 0.246 e. The van der Waals surface area contributed by atoms with Gasteiger partial charge in [0.05, 0.1) is 0 Å². The van der Waals surface area contributed by atoms with Crippen molar-refractivity contribution in [3.05, 3.63) is 35.4 Å². The van der Waals surface area contributed by atoms with Gasteiger partial charge in [0, 0.05) is 25.7 Å². The van der Waals surface area contributed by atoms with Gasteiger partial charge < -0.3 is 10.0 Å². The molecule has 0 saturated carbocycles. The van der Waals surface area contributed by atoms with Gasteiger partial charge in [0.15, 0.2) is 11.6 Å². The Morgan fingerprint density at radius 1 is 1.38 bits per heavy atom. The molecule has 0 aliphatic heterocycles. The SMILES string of the molecule is CN(C)C(=O)/C=C/c1ccc(F)c(F)c1O. The van der Waals surface area contributed by atoms with E-state index in [1.807, 2.05) is 0 Å². The highest BCUT2D eigenvalue weighted by Crippen LogP contribution is 2.24. The number of benzene rings is 1. The molecule has 1 N–H and O–H groups in total. The fraction of sp³-hybridized carbons (Fsp3) is 0.182. The van der Waals surface area contributed by atoms with E-state index in [1.54, 1.807) is 14.1 Å². The monoisotopic (exact) mass is 227 g/mol. The Kier molecular flexibility index (Phi) is 3.60. The molecule has 0 atom stereocenters. The molecule has 3 nitrogen and oxygen atoms in total. The van der Waals surface area contributed by atoms with Crippen molar-refractivity contribution < 1.29 is 18.7 Å². The van der Waals surface area contributed by atoms with Gasteiger partial charge in [0.2, 0.25) is 11.7 Å². The molecule has 0 unspecified atom stereocenters. The molecule has 1 rings (SSSR count). The number of phenolic OH excluding ortho intramolecular Hbond substituents is 1. The number of hydrogen-bond donors (Lipinski definition) is 1. The van der Waals surface area contributed by atoms with Crippen LogP contribution in [0.15, 0.2) is 18.2 Å². The van der Waals surface area contributed by atoms with E-state index in [1.165, 1.54) is 17.0 Å². The number of amides is 1. The van der Waals surface area contributed by atoms with Gasteiger partial charge in [-0.25, -0.2) is 4.39 Å². The van der Waals surface area contributed by atoms with Gasteiger partial charge in [0.25, 0.3) is 0 Å². The van der Waals surface area contributed by atoms with Crippen molar-refractivity contribution in [1.29, 1.82) is 0 Å². The Morgan fingerprint density at radius 2 is 2.00 bits per heavy atom. The molecule has 0 bridgehead atoms. The molecule has 86 valence electrons. The molecule has 0 radical (unpaired) electrons. The van der Waals surface area contributed by atoms with E-state index in [0.29, 0.717) is 0 Å². The van der Waals surface area contributed by atoms with Gasteiger partial charge in [-0.1, -0.05) is 0 Å². The van der Waals surface area contributed by atoms with E-state index in [9.17, 15) is 18.7 Å². The zero-order valence-electron chi connectivity index (χ0n) is 8.87. The van der Waals surface area contributed by atoms with E-state index < -0.39 is 17.4 Å². The summed E-state index contributed by atoms with van der Waals surface area (Å²) < 4.78 is 25.6. The number of likely N-dealkylation sites (N-methyl/N-ethyl adjacent to an activating group) is 1. The molecular formula is C11H11F2NO2. The third kappa shape index (κ3) is 2.56. The minimum atomic E-state index is -1.32. The summed E-state index contributed by atoms with van der Waals surface area (Å²) in [6.45, 7) is 0. The Balaban J connectivity index is 2.99. The lowest BCUT2D eigenvalue weighted by atomic mass is 10.1. The number of carbonyl (C=O) groups excluding carboxylic acids is 1. The van der Waals surface area contributed by atoms with Crippen LogP contribution >= 0.6 is 0 Å². The third-order valence-corrected chi connectivity index (χ3v) is 1.95. The lowest BCUT2D eigenvalue weighted by Crippen LogP contribution is -2.18. The number of hydrogen-bond acceptors (Lipinski definition) is 2. The summed E-state index contributed by atoms with van der Waals surface area (Å²) in [6.07, 6.45) is 2.38. The van der Waals surface area contributed by atoms with Gasteiger partial charge >= 0.3 is 0 Å². The molecule has 0 heterocycles. The van der Waals surface area contributed by atoms with Crippen LogP contribution in [0, 0.1) is 11.6 Å². The van der Waals surface area contributed by atoms with Gasteiger partial charge in [-0.2, -0.15) is 4.39 Å². The molecule has 0 aliphatic rings. The fourth-order valence-corrected chi connectivity index (χ4v) is 1.000. The van der Waals surface area contributed by atoms with Crippen LogP contribution < -0.4 is 0 Å². The number of rotatable bonds is 2. The second-order valence-corrected chi connectivity index (χ2v) is 3.37. The minimum Gasteiger partial charge on any atom is -0.504 e. The van der Waals surface area contributed by atoms with Crippen LogP contribution in [0.2, 0.25) is 0 Å². The largest absolute Gasteiger partial charge is 0.504 e. The maximum absolute atomic E-state index is 12.9. The average molecular weight is 227 g/mol. The lowest BCUT2D eigenvalue weighted by molar-refractivity contribution is -0.123. The van der Waals surface area contributed by atoms with Crippen LogP contribution in [0.1, 0.15) is 5.56 Å². The van der Waals surface area contributed by atoms with E-state index in [2.05, 4.69) is 0 Å². The zero-order chi connectivity index (χ0) is 12.3. The third-order valence-electron chi connectivity index (χ3n) is 1.95. The highest BCUT2D eigenvalue weighted by Gasteiger charge is 2.10. The molecule has 0 saturated heterocycles. The predicted molar refractivity (Wildman–Crippen MR) is 55.8 cm³/mol. The summed E-state index contributed by atoms with van der Waals surface area (Å²) in [4.78, 5) is 12.5. The van der Waals surface area contributed by atoms with Crippen molar-refractivity contribution in [2.24, 2.45) is 0 Å². The first-order valence-corrected chi connectivity index (χ1v) is 4.50. The van der Waals surface area contributed by atoms with E-state index in [0.717, 1.165) is 12.1 Å². The molecule has 1 aromatic carbocycles. The summed E-state index contributed by atoms with van der Waals surface area (Å²) in [5.41, 5.74) is 0.0501. The van der Waals surface area contributed by atoms with Gasteiger partial charge in [0.1, 0.15) is 0 Å². The molecule has 16 heavy (non-hydrogen) atoms. The summed E-state index contributed by atoms with van der Waals surface area (Å²) in [5.74, 6) is -3.57. The van der Waals surface area contributed by atoms with Crippen molar-refractivity contribution in [2.75, 3.05) is 14.1 Å². The summed E-state index contributed by atoms with van der Waals surface area (Å²) in [7, 11) is 3.11. The van der Waals surface area contributed by atoms with E-state index in [-0.39, 0.29) is 11.5 Å². The maximum atomic E-state index is 12.9. The number of carbonyl (C=O) groups is 1. The topological polar surface area (TPSA) is 40.5 Å². The predicted octanol–water partition coefficient (Wildman–Crippen LogP) is 1.77. The van der Waals surface area contributed by atoms with Crippen molar-refractivity contribution in [3.8, 4) is 5.75 Å². The van der Waals surface area contributed by atoms with Gasteiger partial charge in [-0.15, -0.1) is 0 Å². The summed E-state index contributed by atoms with van der Waals surface area (Å²) in [6, 6.07) is 2.07. The quantitative estimate of drug-likeness (QED) is 0.782. The number of phenols is 1. The highest BCUT2D eigenvalue weighted by atomic mass is 19.2. The van der Waals surface area contributed by atoms with Crippen LogP contribution in [0.4, 0.5) is 8.78 Å². The van der Waals surface area contributed by atoms with Crippen LogP contribution in [0.3, 0.4) is 0 Å². The normalized spacial score (nSPS) is 10.8. The minimum absolute atomic E-state index is 0.0501. The van der Waals surface area contributed by atoms with Crippen LogP contribution in [0.25, 0.3) is 6.08 Å². The Labute approximate surface area is 91.6 Å². The molecule has 1 amide bonds. The fourth-order valence-electron chi connectivity index (χ4n) is 1.000. The maximum Gasteiger partial charge on any atom is 0.246 e. The molecule has 0 aromatic heterocycles. The zero-order valence-corrected chi connectivity index (χ0v) is 8.87. The number of nitrogens with zero attached hydrogens (tertiary/aromatic N) is 1. The van der Waals surface area contributed by atoms with Crippen molar-refractivity contribution in [3.63, 3.8) is 0 Å². The van der Waals surface area contributed by atoms with Crippen molar-refractivity contribution in [2.45, 2.75) is 0 Å². The Bertz CT molecular complexity index is 442. The summed E-state index contributed by atoms with van der Waals surface area (Å²) in [5, 5.41) is 9.24. The molecule has 5 heteroatoms. The average Bonchev–Trinajstić information content (AvgIpc) is 2.24. The Morgan fingerprint density at radius 3 is 2.56 bits per heavy atom. The first-order valence-electron chi connectivity index (χ1n) is 4.50. The highest BCUT2D eigenvalue weighted by molar-refractivity contribution is 5.91. The second-order valence-electron chi connectivity index (χ2n) is 3.37. The van der Waals surface area contributed by atoms with E-state index >= 15 is 0 Å². The van der Waals surface area contributed by atoms with Crippen molar-refractivity contribution in [1.82, 2.24) is 4.90 Å². The first kappa shape index (κ1) is 12.2. The molecular weight excluding hydrogens is 216 g/mol. The molecule has 0 fully saturated rings. The van der Waals surface area contributed by atoms with Crippen LogP contribution in [0.5, 0.6) is 5.75 Å². The molecule has 0 aliphatic carbocycles. The molecule has 1 aromatic rings. The van der Waals surface area contributed by atoms with Crippen LogP contribution in [-0.4, -0.2) is 30.0 Å². The summed E-state index contributed by atoms with van der Waals surface area (Å²) >= 11 is 0. The van der Waals surface area contributed by atoms with Crippen molar-refractivity contribution >= 4 is 12.0 Å². The second kappa shape index (κ2) is 4.74. The number of aromatic hydroxyl groups is 1. The van der Waals surface area contributed by atoms with Gasteiger partial charge in [-0.05, 0) is 18.2 Å². The Hall–Kier alpha value is -1.91. The molecule has 0 spiro atoms. The van der Waals surface area contributed by atoms with Gasteiger partial charge in [-0.3, -0.25) is 4.79 Å². The van der Waals surface area contributed by atoms with E-state index in [4.69, 9.17) is 0 Å². The number of halogens is 2. The lowest BCUT2D eigenvalue weighted by Gasteiger charge is -2.05. The first-order chi connectivity index (χ1) is 7.43. The standard InChI is InChI=1S/C11H11F2NO2/c1-14(2)9(15)6-4-7-3-5-8(12)10(13)11(7)16/h3-6,16H,1-2H3/b6-4+.